The maximum atomic E-state index is 12.3. The Hall–Kier alpha value is -1.66. The first-order valence-electron chi connectivity index (χ1n) is 6.30. The molecular formula is C13H15N3O2S. The van der Waals surface area contributed by atoms with E-state index in [-0.39, 0.29) is 12.0 Å². The van der Waals surface area contributed by atoms with Gasteiger partial charge in [0.25, 0.3) is 5.91 Å². The molecule has 19 heavy (non-hydrogen) atoms. The normalized spacial score (nSPS) is 16.8. The van der Waals surface area contributed by atoms with Crippen LogP contribution in [0.15, 0.2) is 23.6 Å². The predicted octanol–water partition coefficient (Wildman–Crippen LogP) is 1.74. The van der Waals surface area contributed by atoms with E-state index in [4.69, 9.17) is 0 Å². The van der Waals surface area contributed by atoms with Gasteiger partial charge in [-0.15, -0.1) is 11.3 Å². The summed E-state index contributed by atoms with van der Waals surface area (Å²) in [4.78, 5) is 15.1. The highest BCUT2D eigenvalue weighted by Gasteiger charge is 2.24. The van der Waals surface area contributed by atoms with E-state index in [1.807, 2.05) is 17.5 Å². The monoisotopic (exact) mass is 277 g/mol. The summed E-state index contributed by atoms with van der Waals surface area (Å²) >= 11 is 1.61. The van der Waals surface area contributed by atoms with Gasteiger partial charge in [-0.2, -0.15) is 5.10 Å². The average molecular weight is 277 g/mol. The molecule has 1 aliphatic heterocycles. The molecule has 0 spiro atoms. The standard InChI is InChI=1S/C13H15N3O2S/c17-9-3-5-16(6-4-9)13(18)11-8-10(14-15-11)12-2-1-7-19-12/h1-2,7-9,17H,3-6H2,(H,14,15). The first-order valence-corrected chi connectivity index (χ1v) is 7.18. The summed E-state index contributed by atoms with van der Waals surface area (Å²) < 4.78 is 0. The number of aliphatic hydroxyl groups excluding tert-OH is 1. The Bertz CT molecular complexity index is 556. The number of likely N-dealkylation sites (tertiary alicyclic amines) is 1. The second-order valence-electron chi connectivity index (χ2n) is 4.67. The number of aliphatic hydroxyl groups is 1. The minimum absolute atomic E-state index is 0.0639. The van der Waals surface area contributed by atoms with Crippen LogP contribution in [0.25, 0.3) is 10.6 Å². The van der Waals surface area contributed by atoms with Crippen molar-refractivity contribution in [2.45, 2.75) is 18.9 Å². The van der Waals surface area contributed by atoms with E-state index in [9.17, 15) is 9.90 Å². The van der Waals surface area contributed by atoms with Crippen molar-refractivity contribution in [1.29, 1.82) is 0 Å². The van der Waals surface area contributed by atoms with Crippen molar-refractivity contribution in [3.8, 4) is 10.6 Å². The Balaban J connectivity index is 1.74. The Morgan fingerprint density at radius 3 is 2.95 bits per heavy atom. The van der Waals surface area contributed by atoms with Crippen LogP contribution in [-0.4, -0.2) is 45.3 Å². The number of nitrogens with zero attached hydrogens (tertiary/aromatic N) is 2. The highest BCUT2D eigenvalue weighted by Crippen LogP contribution is 2.23. The first kappa shape index (κ1) is 12.4. The minimum Gasteiger partial charge on any atom is -0.393 e. The van der Waals surface area contributed by atoms with Gasteiger partial charge in [0.2, 0.25) is 0 Å². The number of piperidine rings is 1. The van der Waals surface area contributed by atoms with E-state index in [2.05, 4.69) is 10.2 Å². The van der Waals surface area contributed by atoms with Crippen molar-refractivity contribution in [3.63, 3.8) is 0 Å². The Morgan fingerprint density at radius 1 is 1.47 bits per heavy atom. The van der Waals surface area contributed by atoms with E-state index in [0.29, 0.717) is 31.6 Å². The smallest absolute Gasteiger partial charge is 0.274 e. The van der Waals surface area contributed by atoms with Crippen molar-refractivity contribution < 1.29 is 9.90 Å². The predicted molar refractivity (Wildman–Crippen MR) is 73.0 cm³/mol. The number of aromatic nitrogens is 2. The SMILES string of the molecule is O=C(c1cc(-c2cccs2)[nH]n1)N1CCC(O)CC1. The molecule has 0 saturated carbocycles. The molecule has 1 fully saturated rings. The molecule has 2 aromatic heterocycles. The number of hydrogen-bond acceptors (Lipinski definition) is 4. The van der Waals surface area contributed by atoms with Crippen LogP contribution < -0.4 is 0 Å². The summed E-state index contributed by atoms with van der Waals surface area (Å²) in [7, 11) is 0. The van der Waals surface area contributed by atoms with Crippen LogP contribution >= 0.6 is 11.3 Å². The van der Waals surface area contributed by atoms with Crippen LogP contribution in [0.4, 0.5) is 0 Å². The highest BCUT2D eigenvalue weighted by atomic mass is 32.1. The Labute approximate surface area is 114 Å². The van der Waals surface area contributed by atoms with E-state index in [1.54, 1.807) is 22.3 Å². The molecule has 0 bridgehead atoms. The quantitative estimate of drug-likeness (QED) is 0.878. The highest BCUT2D eigenvalue weighted by molar-refractivity contribution is 7.13. The lowest BCUT2D eigenvalue weighted by molar-refractivity contribution is 0.0541. The molecule has 5 nitrogen and oxygen atoms in total. The number of hydrogen-bond donors (Lipinski definition) is 2. The number of H-pyrrole nitrogens is 1. The summed E-state index contributed by atoms with van der Waals surface area (Å²) in [6, 6.07) is 5.75. The van der Waals surface area contributed by atoms with Gasteiger partial charge in [-0.1, -0.05) is 6.07 Å². The number of nitrogens with one attached hydrogen (secondary N) is 1. The van der Waals surface area contributed by atoms with Gasteiger partial charge in [0.15, 0.2) is 5.69 Å². The van der Waals surface area contributed by atoms with Crippen LogP contribution in [0.5, 0.6) is 0 Å². The summed E-state index contributed by atoms with van der Waals surface area (Å²) in [6.07, 6.45) is 1.02. The van der Waals surface area contributed by atoms with Crippen molar-refractivity contribution >= 4 is 17.2 Å². The van der Waals surface area contributed by atoms with Gasteiger partial charge in [-0.3, -0.25) is 9.89 Å². The fourth-order valence-corrected chi connectivity index (χ4v) is 2.91. The van der Waals surface area contributed by atoms with Crippen molar-refractivity contribution in [3.05, 3.63) is 29.3 Å². The molecule has 6 heteroatoms. The summed E-state index contributed by atoms with van der Waals surface area (Å²) in [6.45, 7) is 1.20. The third-order valence-corrected chi connectivity index (χ3v) is 4.24. The fourth-order valence-electron chi connectivity index (χ4n) is 2.22. The van der Waals surface area contributed by atoms with Gasteiger partial charge in [-0.05, 0) is 30.4 Å². The van der Waals surface area contributed by atoms with Crippen molar-refractivity contribution in [2.75, 3.05) is 13.1 Å². The lowest BCUT2D eigenvalue weighted by atomic mass is 10.1. The molecule has 1 saturated heterocycles. The zero-order valence-corrected chi connectivity index (χ0v) is 11.2. The van der Waals surface area contributed by atoms with Crippen molar-refractivity contribution in [2.24, 2.45) is 0 Å². The van der Waals surface area contributed by atoms with Crippen LogP contribution in [0.1, 0.15) is 23.3 Å². The second-order valence-corrected chi connectivity index (χ2v) is 5.62. The number of carbonyl (C=O) groups is 1. The van der Waals surface area contributed by atoms with Gasteiger partial charge in [0, 0.05) is 13.1 Å². The summed E-state index contributed by atoms with van der Waals surface area (Å²) in [5.74, 6) is -0.0639. The maximum absolute atomic E-state index is 12.3. The number of thiophene rings is 1. The zero-order chi connectivity index (χ0) is 13.2. The molecule has 1 amide bonds. The molecule has 1 aliphatic rings. The molecule has 100 valence electrons. The second kappa shape index (κ2) is 5.14. The van der Waals surface area contributed by atoms with Crippen LogP contribution in [-0.2, 0) is 0 Å². The van der Waals surface area contributed by atoms with Gasteiger partial charge in [-0.25, -0.2) is 0 Å². The number of amides is 1. The number of carbonyl (C=O) groups excluding carboxylic acids is 1. The van der Waals surface area contributed by atoms with E-state index >= 15 is 0 Å². The zero-order valence-electron chi connectivity index (χ0n) is 10.4. The lowest BCUT2D eigenvalue weighted by Gasteiger charge is -2.28. The third kappa shape index (κ3) is 2.54. The molecule has 0 unspecified atom stereocenters. The topological polar surface area (TPSA) is 69.2 Å². The van der Waals surface area contributed by atoms with Crippen LogP contribution in [0.3, 0.4) is 0 Å². The Morgan fingerprint density at radius 2 is 2.26 bits per heavy atom. The van der Waals surface area contributed by atoms with Crippen molar-refractivity contribution in [1.82, 2.24) is 15.1 Å². The molecule has 3 rings (SSSR count). The molecule has 3 heterocycles. The van der Waals surface area contributed by atoms with Crippen LogP contribution in [0, 0.1) is 0 Å². The lowest BCUT2D eigenvalue weighted by Crippen LogP contribution is -2.40. The summed E-state index contributed by atoms with van der Waals surface area (Å²) in [5, 5.41) is 18.4. The summed E-state index contributed by atoms with van der Waals surface area (Å²) in [5.41, 5.74) is 1.31. The fraction of sp³-hybridized carbons (Fsp3) is 0.385. The molecule has 0 radical (unpaired) electrons. The average Bonchev–Trinajstić information content (AvgIpc) is 3.10. The van der Waals surface area contributed by atoms with E-state index in [1.165, 1.54) is 0 Å². The Kier molecular flexibility index (Phi) is 3.35. The van der Waals surface area contributed by atoms with E-state index < -0.39 is 0 Å². The molecular weight excluding hydrogens is 262 g/mol. The van der Waals surface area contributed by atoms with Gasteiger partial charge in [0.05, 0.1) is 16.7 Å². The first-order chi connectivity index (χ1) is 9.24. The molecule has 0 aromatic carbocycles. The number of aromatic amines is 1. The molecule has 2 aromatic rings. The van der Waals surface area contributed by atoms with Gasteiger partial charge in [0.1, 0.15) is 0 Å². The molecule has 0 atom stereocenters. The molecule has 2 N–H and O–H groups in total. The van der Waals surface area contributed by atoms with Crippen LogP contribution in [0.2, 0.25) is 0 Å². The maximum Gasteiger partial charge on any atom is 0.274 e. The van der Waals surface area contributed by atoms with E-state index in [0.717, 1.165) is 10.6 Å². The molecule has 0 aliphatic carbocycles. The minimum atomic E-state index is -0.273. The van der Waals surface area contributed by atoms with Gasteiger partial charge < -0.3 is 10.0 Å². The number of rotatable bonds is 2. The van der Waals surface area contributed by atoms with Gasteiger partial charge >= 0.3 is 0 Å². The largest absolute Gasteiger partial charge is 0.393 e. The third-order valence-electron chi connectivity index (χ3n) is 3.34.